The Morgan fingerprint density at radius 3 is 2.35 bits per heavy atom. The third kappa shape index (κ3) is 3.21. The zero-order valence-electron chi connectivity index (χ0n) is 14.3. The molecule has 4 amide bonds. The maximum Gasteiger partial charge on any atom is 0.325 e. The van der Waals surface area contributed by atoms with E-state index in [0.717, 1.165) is 30.6 Å². The summed E-state index contributed by atoms with van der Waals surface area (Å²) in [4.78, 5) is 37.9. The summed E-state index contributed by atoms with van der Waals surface area (Å²) in [6, 6.07) is -0.186. The molecule has 1 heterocycles. The van der Waals surface area contributed by atoms with Crippen molar-refractivity contribution >= 4 is 17.8 Å². The number of carbonyl (C=O) groups excluding carboxylic acids is 3. The highest BCUT2D eigenvalue weighted by atomic mass is 16.2. The van der Waals surface area contributed by atoms with Gasteiger partial charge in [-0.3, -0.25) is 14.5 Å². The molecule has 0 aromatic rings. The minimum atomic E-state index is -0.779. The zero-order chi connectivity index (χ0) is 16.8. The summed E-state index contributed by atoms with van der Waals surface area (Å²) in [6.45, 7) is 6.50. The van der Waals surface area contributed by atoms with Gasteiger partial charge in [0.25, 0.3) is 5.91 Å². The molecule has 0 aromatic carbocycles. The first-order valence-corrected chi connectivity index (χ1v) is 8.65. The number of hydrogen-bond acceptors (Lipinski definition) is 3. The molecule has 0 aromatic heterocycles. The zero-order valence-corrected chi connectivity index (χ0v) is 14.3. The van der Waals surface area contributed by atoms with Crippen molar-refractivity contribution in [2.45, 2.75) is 70.9 Å². The van der Waals surface area contributed by atoms with Gasteiger partial charge in [-0.25, -0.2) is 4.79 Å². The molecule has 128 valence electrons. The monoisotopic (exact) mass is 321 g/mol. The minimum absolute atomic E-state index is 0.161. The van der Waals surface area contributed by atoms with E-state index in [0.29, 0.717) is 18.8 Å². The smallest absolute Gasteiger partial charge is 0.325 e. The predicted octanol–water partition coefficient (Wildman–Crippen LogP) is 1.79. The quantitative estimate of drug-likeness (QED) is 0.778. The van der Waals surface area contributed by atoms with E-state index in [1.165, 1.54) is 0 Å². The van der Waals surface area contributed by atoms with Crippen LogP contribution in [0.3, 0.4) is 0 Å². The van der Waals surface area contributed by atoms with Crippen molar-refractivity contribution in [3.63, 3.8) is 0 Å². The van der Waals surface area contributed by atoms with Gasteiger partial charge in [-0.05, 0) is 49.9 Å². The summed E-state index contributed by atoms with van der Waals surface area (Å²) in [5.74, 6) is 0.0993. The Balaban J connectivity index is 1.63. The fourth-order valence-electron chi connectivity index (χ4n) is 3.78. The molecule has 2 saturated carbocycles. The molecule has 3 aliphatic rings. The van der Waals surface area contributed by atoms with Crippen molar-refractivity contribution in [1.82, 2.24) is 15.5 Å². The number of nitrogens with one attached hydrogen (secondary N) is 2. The van der Waals surface area contributed by atoms with Crippen molar-refractivity contribution < 1.29 is 14.4 Å². The van der Waals surface area contributed by atoms with Crippen LogP contribution < -0.4 is 10.6 Å². The average molecular weight is 321 g/mol. The maximum absolute atomic E-state index is 12.7. The lowest BCUT2D eigenvalue weighted by molar-refractivity contribution is -0.136. The Labute approximate surface area is 137 Å². The van der Waals surface area contributed by atoms with E-state index in [2.05, 4.69) is 31.4 Å². The molecule has 1 saturated heterocycles. The van der Waals surface area contributed by atoms with Gasteiger partial charge in [-0.1, -0.05) is 20.8 Å². The molecular formula is C17H27N3O3. The molecule has 0 radical (unpaired) electrons. The van der Waals surface area contributed by atoms with Crippen LogP contribution in [0.2, 0.25) is 0 Å². The second-order valence-electron chi connectivity index (χ2n) is 8.39. The van der Waals surface area contributed by atoms with Gasteiger partial charge in [0, 0.05) is 6.04 Å². The largest absolute Gasteiger partial charge is 0.352 e. The highest BCUT2D eigenvalue weighted by molar-refractivity contribution is 6.09. The van der Waals surface area contributed by atoms with Gasteiger partial charge in [0.05, 0.1) is 0 Å². The van der Waals surface area contributed by atoms with Crippen LogP contribution in [-0.4, -0.2) is 40.9 Å². The molecule has 1 spiro atoms. The van der Waals surface area contributed by atoms with Crippen LogP contribution in [0, 0.1) is 11.3 Å². The summed E-state index contributed by atoms with van der Waals surface area (Å²) < 4.78 is 0. The standard InChI is InChI=1S/C17H27N3O3/c1-16(2,3)11-6-8-17(9-7-11)14(22)20(15(23)19-17)10-13(21)18-12-4-5-12/h11-12H,4-10H2,1-3H3,(H,18,21)(H,19,23). The number of amides is 4. The predicted molar refractivity (Wildman–Crippen MR) is 85.6 cm³/mol. The van der Waals surface area contributed by atoms with Gasteiger partial charge < -0.3 is 10.6 Å². The number of carbonyl (C=O) groups is 3. The third-order valence-electron chi connectivity index (χ3n) is 5.55. The van der Waals surface area contributed by atoms with E-state index in [-0.39, 0.29) is 29.8 Å². The van der Waals surface area contributed by atoms with Gasteiger partial charge in [-0.15, -0.1) is 0 Å². The molecule has 23 heavy (non-hydrogen) atoms. The summed E-state index contributed by atoms with van der Waals surface area (Å²) in [7, 11) is 0. The van der Waals surface area contributed by atoms with Crippen molar-refractivity contribution in [2.75, 3.05) is 6.54 Å². The van der Waals surface area contributed by atoms with Crippen molar-refractivity contribution in [2.24, 2.45) is 11.3 Å². The lowest BCUT2D eigenvalue weighted by Gasteiger charge is -2.40. The third-order valence-corrected chi connectivity index (χ3v) is 5.55. The fourth-order valence-corrected chi connectivity index (χ4v) is 3.78. The average Bonchev–Trinajstić information content (AvgIpc) is 3.23. The van der Waals surface area contributed by atoms with Crippen LogP contribution >= 0.6 is 0 Å². The van der Waals surface area contributed by atoms with Crippen molar-refractivity contribution in [3.05, 3.63) is 0 Å². The Kier molecular flexibility index (Phi) is 3.89. The number of rotatable bonds is 3. The molecule has 1 aliphatic heterocycles. The fraction of sp³-hybridized carbons (Fsp3) is 0.824. The summed E-state index contributed by atoms with van der Waals surface area (Å²) in [6.07, 6.45) is 5.17. The van der Waals surface area contributed by atoms with Crippen LogP contribution in [0.4, 0.5) is 4.79 Å². The summed E-state index contributed by atoms with van der Waals surface area (Å²) in [5, 5.41) is 5.70. The molecule has 6 nitrogen and oxygen atoms in total. The lowest BCUT2D eigenvalue weighted by Crippen LogP contribution is -2.51. The first-order valence-electron chi connectivity index (χ1n) is 8.65. The normalized spacial score (nSPS) is 31.4. The molecule has 0 atom stereocenters. The molecular weight excluding hydrogens is 294 g/mol. The van der Waals surface area contributed by atoms with Crippen LogP contribution in [0.1, 0.15) is 59.3 Å². The number of nitrogens with zero attached hydrogens (tertiary/aromatic N) is 1. The Morgan fingerprint density at radius 2 is 1.83 bits per heavy atom. The van der Waals surface area contributed by atoms with E-state index in [4.69, 9.17) is 0 Å². The summed E-state index contributed by atoms with van der Waals surface area (Å²) in [5.41, 5.74) is -0.560. The molecule has 2 aliphatic carbocycles. The van der Waals surface area contributed by atoms with Gasteiger partial charge in [-0.2, -0.15) is 0 Å². The number of hydrogen-bond donors (Lipinski definition) is 2. The molecule has 6 heteroatoms. The molecule has 2 N–H and O–H groups in total. The Morgan fingerprint density at radius 1 is 1.22 bits per heavy atom. The Hall–Kier alpha value is -1.59. The second-order valence-corrected chi connectivity index (χ2v) is 8.39. The number of urea groups is 1. The maximum atomic E-state index is 12.7. The first-order chi connectivity index (χ1) is 10.7. The van der Waals surface area contributed by atoms with Crippen LogP contribution in [0.15, 0.2) is 0 Å². The van der Waals surface area contributed by atoms with Gasteiger partial charge >= 0.3 is 6.03 Å². The second kappa shape index (κ2) is 5.49. The van der Waals surface area contributed by atoms with E-state index < -0.39 is 11.6 Å². The van der Waals surface area contributed by atoms with Gasteiger partial charge in [0.2, 0.25) is 5.91 Å². The molecule has 0 unspecified atom stereocenters. The van der Waals surface area contributed by atoms with Crippen molar-refractivity contribution in [3.8, 4) is 0 Å². The molecule has 0 bridgehead atoms. The minimum Gasteiger partial charge on any atom is -0.352 e. The van der Waals surface area contributed by atoms with Crippen molar-refractivity contribution in [1.29, 1.82) is 0 Å². The van der Waals surface area contributed by atoms with E-state index in [1.54, 1.807) is 0 Å². The number of imide groups is 1. The Bertz CT molecular complexity index is 526. The highest BCUT2D eigenvalue weighted by Gasteiger charge is 2.53. The topological polar surface area (TPSA) is 78.5 Å². The van der Waals surface area contributed by atoms with Crippen LogP contribution in [0.5, 0.6) is 0 Å². The van der Waals surface area contributed by atoms with Crippen LogP contribution in [-0.2, 0) is 9.59 Å². The lowest BCUT2D eigenvalue weighted by atomic mass is 9.67. The highest BCUT2D eigenvalue weighted by Crippen LogP contribution is 2.43. The van der Waals surface area contributed by atoms with E-state index >= 15 is 0 Å². The van der Waals surface area contributed by atoms with Gasteiger partial charge in [0.1, 0.15) is 12.1 Å². The van der Waals surface area contributed by atoms with Crippen LogP contribution in [0.25, 0.3) is 0 Å². The van der Waals surface area contributed by atoms with E-state index in [1.807, 2.05) is 0 Å². The molecule has 3 rings (SSSR count). The molecule has 3 fully saturated rings. The summed E-state index contributed by atoms with van der Waals surface area (Å²) >= 11 is 0. The SMILES string of the molecule is CC(C)(C)C1CCC2(CC1)NC(=O)N(CC(=O)NC1CC1)C2=O. The van der Waals surface area contributed by atoms with E-state index in [9.17, 15) is 14.4 Å². The van der Waals surface area contributed by atoms with Gasteiger partial charge in [0.15, 0.2) is 0 Å². The first kappa shape index (κ1) is 16.3.